The predicted molar refractivity (Wildman–Crippen MR) is 96.0 cm³/mol. The molecular formula is C23H18O2. The van der Waals surface area contributed by atoms with E-state index in [2.05, 4.69) is 24.3 Å². The highest BCUT2D eigenvalue weighted by Crippen LogP contribution is 2.70. The third-order valence-corrected chi connectivity index (χ3v) is 5.76. The molecule has 0 radical (unpaired) electrons. The van der Waals surface area contributed by atoms with Gasteiger partial charge < -0.3 is 4.74 Å². The Morgan fingerprint density at radius 2 is 1.12 bits per heavy atom. The lowest BCUT2D eigenvalue weighted by Crippen LogP contribution is -2.31. The summed E-state index contributed by atoms with van der Waals surface area (Å²) in [7, 11) is 0. The van der Waals surface area contributed by atoms with E-state index in [1.165, 1.54) is 0 Å². The van der Waals surface area contributed by atoms with E-state index in [-0.39, 0.29) is 11.9 Å². The molecular weight excluding hydrogens is 308 g/mol. The van der Waals surface area contributed by atoms with Crippen molar-refractivity contribution in [2.24, 2.45) is 5.92 Å². The second kappa shape index (κ2) is 5.06. The van der Waals surface area contributed by atoms with E-state index in [1.54, 1.807) is 0 Å². The van der Waals surface area contributed by atoms with Crippen LogP contribution in [0.5, 0.6) is 0 Å². The van der Waals surface area contributed by atoms with E-state index in [0.29, 0.717) is 0 Å². The molecule has 1 aliphatic carbocycles. The molecule has 1 saturated carbocycles. The zero-order valence-corrected chi connectivity index (χ0v) is 13.8. The lowest BCUT2D eigenvalue weighted by atomic mass is 9.79. The Bertz CT molecular complexity index is 879. The van der Waals surface area contributed by atoms with Gasteiger partial charge in [-0.05, 0) is 12.0 Å². The normalized spacial score (nSPS) is 25.9. The highest BCUT2D eigenvalue weighted by molar-refractivity contribution is 5.92. The highest BCUT2D eigenvalue weighted by atomic mass is 16.6. The van der Waals surface area contributed by atoms with Crippen LogP contribution in [0.2, 0.25) is 0 Å². The Labute approximate surface area is 147 Å². The molecule has 2 atom stereocenters. The average Bonchev–Trinajstić information content (AvgIpc) is 3.40. The first-order chi connectivity index (χ1) is 12.3. The van der Waals surface area contributed by atoms with Gasteiger partial charge in [0.05, 0.1) is 0 Å². The molecule has 2 fully saturated rings. The molecule has 1 heterocycles. The standard InChI is InChI=1S/C23H18O2/c24-21-22(17-10-4-1-5-11-17)16-20(22)23(25-21,18-12-6-2-7-13-18)19-14-8-3-9-15-19/h1-15,20H,16H2/t20-,22-/m0/s1. The van der Waals surface area contributed by atoms with Gasteiger partial charge in [0.15, 0.2) is 5.60 Å². The van der Waals surface area contributed by atoms with Crippen molar-refractivity contribution in [3.8, 4) is 0 Å². The second-order valence-corrected chi connectivity index (χ2v) is 6.95. The monoisotopic (exact) mass is 326 g/mol. The number of carbonyl (C=O) groups is 1. The van der Waals surface area contributed by atoms with Crippen LogP contribution in [-0.2, 0) is 20.5 Å². The summed E-state index contributed by atoms with van der Waals surface area (Å²) >= 11 is 0. The summed E-state index contributed by atoms with van der Waals surface area (Å²) in [6, 6.07) is 30.4. The predicted octanol–water partition coefficient (Wildman–Crippen LogP) is 4.44. The molecule has 1 saturated heterocycles. The van der Waals surface area contributed by atoms with Crippen LogP contribution in [-0.4, -0.2) is 5.97 Å². The number of hydrogen-bond donors (Lipinski definition) is 0. The fraction of sp³-hybridized carbons (Fsp3) is 0.174. The van der Waals surface area contributed by atoms with Crippen molar-refractivity contribution in [1.82, 2.24) is 0 Å². The van der Waals surface area contributed by atoms with Gasteiger partial charge in [-0.1, -0.05) is 91.0 Å². The summed E-state index contributed by atoms with van der Waals surface area (Å²) in [5.41, 5.74) is 1.96. The van der Waals surface area contributed by atoms with Gasteiger partial charge in [0.2, 0.25) is 0 Å². The number of hydrogen-bond acceptors (Lipinski definition) is 2. The van der Waals surface area contributed by atoms with E-state index in [1.807, 2.05) is 66.7 Å². The lowest BCUT2D eigenvalue weighted by molar-refractivity contribution is -0.152. The van der Waals surface area contributed by atoms with E-state index in [4.69, 9.17) is 4.74 Å². The molecule has 2 heteroatoms. The van der Waals surface area contributed by atoms with Crippen molar-refractivity contribution < 1.29 is 9.53 Å². The Morgan fingerprint density at radius 3 is 1.56 bits per heavy atom. The summed E-state index contributed by atoms with van der Waals surface area (Å²) in [6.45, 7) is 0. The molecule has 2 nitrogen and oxygen atoms in total. The Morgan fingerprint density at radius 1 is 0.680 bits per heavy atom. The fourth-order valence-electron chi connectivity index (χ4n) is 4.52. The molecule has 1 aliphatic heterocycles. The summed E-state index contributed by atoms with van der Waals surface area (Å²) in [5, 5.41) is 0. The van der Waals surface area contributed by atoms with E-state index in [0.717, 1.165) is 23.1 Å². The van der Waals surface area contributed by atoms with Crippen LogP contribution < -0.4 is 0 Å². The van der Waals surface area contributed by atoms with Crippen LogP contribution in [0.15, 0.2) is 91.0 Å². The molecule has 3 aromatic carbocycles. The SMILES string of the molecule is O=C1OC(c2ccccc2)(c2ccccc2)[C@H]2C[C@@]12c1ccccc1. The number of rotatable bonds is 3. The maximum absolute atomic E-state index is 13.1. The fourth-order valence-corrected chi connectivity index (χ4v) is 4.52. The van der Waals surface area contributed by atoms with E-state index < -0.39 is 11.0 Å². The minimum absolute atomic E-state index is 0.101. The molecule has 0 amide bonds. The van der Waals surface area contributed by atoms with Crippen molar-refractivity contribution in [2.45, 2.75) is 17.4 Å². The van der Waals surface area contributed by atoms with Crippen LogP contribution in [0.4, 0.5) is 0 Å². The molecule has 122 valence electrons. The second-order valence-electron chi connectivity index (χ2n) is 6.95. The largest absolute Gasteiger partial charge is 0.448 e. The molecule has 0 bridgehead atoms. The number of ether oxygens (including phenoxy) is 1. The molecule has 25 heavy (non-hydrogen) atoms. The van der Waals surface area contributed by atoms with Gasteiger partial charge >= 0.3 is 5.97 Å². The van der Waals surface area contributed by atoms with Crippen molar-refractivity contribution in [1.29, 1.82) is 0 Å². The smallest absolute Gasteiger partial charge is 0.318 e. The van der Waals surface area contributed by atoms with Gasteiger partial charge in [0, 0.05) is 17.0 Å². The maximum Gasteiger partial charge on any atom is 0.318 e. The minimum Gasteiger partial charge on any atom is -0.448 e. The van der Waals surface area contributed by atoms with Crippen molar-refractivity contribution in [3.05, 3.63) is 108 Å². The zero-order valence-electron chi connectivity index (χ0n) is 13.8. The molecule has 2 aliphatic rings. The zero-order chi connectivity index (χ0) is 16.9. The highest BCUT2D eigenvalue weighted by Gasteiger charge is 2.77. The number of cyclic esters (lactones) is 1. The molecule has 5 rings (SSSR count). The van der Waals surface area contributed by atoms with Crippen LogP contribution >= 0.6 is 0 Å². The van der Waals surface area contributed by atoms with Gasteiger partial charge in [-0.3, -0.25) is 4.79 Å². The third-order valence-electron chi connectivity index (χ3n) is 5.76. The minimum atomic E-state index is -0.699. The van der Waals surface area contributed by atoms with Crippen molar-refractivity contribution in [2.75, 3.05) is 0 Å². The summed E-state index contributed by atoms with van der Waals surface area (Å²) in [6.07, 6.45) is 0.833. The van der Waals surface area contributed by atoms with E-state index >= 15 is 0 Å². The van der Waals surface area contributed by atoms with Crippen molar-refractivity contribution in [3.63, 3.8) is 0 Å². The first kappa shape index (κ1) is 14.5. The number of esters is 1. The molecule has 0 unspecified atom stereocenters. The maximum atomic E-state index is 13.1. The van der Waals surface area contributed by atoms with Gasteiger partial charge in [-0.2, -0.15) is 0 Å². The molecule has 0 spiro atoms. The number of carbonyl (C=O) groups excluding carboxylic acids is 1. The Hall–Kier alpha value is -2.87. The number of benzene rings is 3. The van der Waals surface area contributed by atoms with Crippen LogP contribution in [0.3, 0.4) is 0 Å². The average molecular weight is 326 g/mol. The molecule has 0 N–H and O–H groups in total. The number of fused-ring (bicyclic) bond motifs is 1. The van der Waals surface area contributed by atoms with Gasteiger partial charge in [-0.15, -0.1) is 0 Å². The lowest BCUT2D eigenvalue weighted by Gasteiger charge is -2.31. The summed E-state index contributed by atoms with van der Waals surface area (Å²) < 4.78 is 6.20. The first-order valence-electron chi connectivity index (χ1n) is 8.68. The van der Waals surface area contributed by atoms with Gasteiger partial charge in [0.1, 0.15) is 5.41 Å². The molecule has 0 aromatic heterocycles. The van der Waals surface area contributed by atoms with Crippen molar-refractivity contribution >= 4 is 5.97 Å². The Kier molecular flexibility index (Phi) is 2.93. The Balaban J connectivity index is 1.72. The van der Waals surface area contributed by atoms with E-state index in [9.17, 15) is 4.79 Å². The van der Waals surface area contributed by atoms with Crippen LogP contribution in [0.25, 0.3) is 0 Å². The topological polar surface area (TPSA) is 26.3 Å². The van der Waals surface area contributed by atoms with Gasteiger partial charge in [0.25, 0.3) is 0 Å². The summed E-state index contributed by atoms with van der Waals surface area (Å²) in [4.78, 5) is 13.1. The third kappa shape index (κ3) is 1.82. The first-order valence-corrected chi connectivity index (χ1v) is 8.68. The van der Waals surface area contributed by atoms with Crippen LogP contribution in [0.1, 0.15) is 23.1 Å². The van der Waals surface area contributed by atoms with Crippen LogP contribution in [0, 0.1) is 5.92 Å². The quantitative estimate of drug-likeness (QED) is 0.665. The van der Waals surface area contributed by atoms with Gasteiger partial charge in [-0.25, -0.2) is 0 Å². The summed E-state index contributed by atoms with van der Waals surface area (Å²) in [5.74, 6) is 0.0242. The molecule has 3 aromatic rings.